The molecule has 1 rings (SSSR count). The van der Waals surface area contributed by atoms with Gasteiger partial charge in [-0.3, -0.25) is 4.79 Å². The van der Waals surface area contributed by atoms with Crippen LogP contribution in [0.4, 0.5) is 0 Å². The van der Waals surface area contributed by atoms with Crippen LogP contribution in [0.5, 0.6) is 0 Å². The molecule has 0 atom stereocenters. The van der Waals surface area contributed by atoms with Gasteiger partial charge in [-0.2, -0.15) is 0 Å². The van der Waals surface area contributed by atoms with Crippen LogP contribution in [0.1, 0.15) is 5.56 Å². The van der Waals surface area contributed by atoms with E-state index in [1.165, 1.54) is 0 Å². The number of benzene rings is 1. The molecule has 1 aromatic carbocycles. The standard InChI is InChI=1S/C10H9ClO2/c11-10-5-1-3-9(7-10)4-2-6-13-8-12/h1-5,7-8H,6H2/b4-2+. The number of ether oxygens (including phenoxy) is 1. The van der Waals surface area contributed by atoms with Crippen molar-refractivity contribution in [3.05, 3.63) is 40.9 Å². The summed E-state index contributed by atoms with van der Waals surface area (Å²) in [7, 11) is 0. The highest BCUT2D eigenvalue weighted by atomic mass is 35.5. The van der Waals surface area contributed by atoms with E-state index in [2.05, 4.69) is 4.74 Å². The second-order valence-electron chi connectivity index (χ2n) is 2.39. The Morgan fingerprint density at radius 3 is 3.00 bits per heavy atom. The van der Waals surface area contributed by atoms with Crippen molar-refractivity contribution in [3.63, 3.8) is 0 Å². The zero-order valence-electron chi connectivity index (χ0n) is 6.94. The predicted octanol–water partition coefficient (Wildman–Crippen LogP) is 2.53. The Morgan fingerprint density at radius 2 is 2.31 bits per heavy atom. The van der Waals surface area contributed by atoms with Crippen LogP contribution < -0.4 is 0 Å². The second-order valence-corrected chi connectivity index (χ2v) is 2.82. The van der Waals surface area contributed by atoms with Crippen molar-refractivity contribution >= 4 is 24.1 Å². The van der Waals surface area contributed by atoms with Gasteiger partial charge in [0.2, 0.25) is 0 Å². The highest BCUT2D eigenvalue weighted by Gasteiger charge is 1.87. The quantitative estimate of drug-likeness (QED) is 0.547. The number of halogens is 1. The lowest BCUT2D eigenvalue weighted by atomic mass is 10.2. The molecule has 0 saturated heterocycles. The summed E-state index contributed by atoms with van der Waals surface area (Å²) >= 11 is 5.76. The van der Waals surface area contributed by atoms with E-state index in [0.717, 1.165) is 5.56 Å². The topological polar surface area (TPSA) is 26.3 Å². The maximum atomic E-state index is 9.79. The molecule has 13 heavy (non-hydrogen) atoms. The smallest absolute Gasteiger partial charge is 0.293 e. The fraction of sp³-hybridized carbons (Fsp3) is 0.100. The molecular formula is C10H9ClO2. The van der Waals surface area contributed by atoms with Crippen LogP contribution in [0.3, 0.4) is 0 Å². The Kier molecular flexibility index (Phi) is 4.06. The molecule has 0 radical (unpaired) electrons. The third kappa shape index (κ3) is 3.76. The zero-order valence-corrected chi connectivity index (χ0v) is 7.70. The molecule has 0 aliphatic rings. The number of carbonyl (C=O) groups excluding carboxylic acids is 1. The summed E-state index contributed by atoms with van der Waals surface area (Å²) in [6.07, 6.45) is 3.59. The maximum Gasteiger partial charge on any atom is 0.293 e. The Labute approximate surface area is 81.8 Å². The molecule has 0 bridgehead atoms. The lowest BCUT2D eigenvalue weighted by Gasteiger charge is -1.93. The van der Waals surface area contributed by atoms with Gasteiger partial charge in [-0.05, 0) is 23.8 Å². The number of rotatable bonds is 4. The molecule has 1 aromatic rings. The van der Waals surface area contributed by atoms with Gasteiger partial charge in [0.05, 0.1) is 0 Å². The first-order valence-electron chi connectivity index (χ1n) is 3.80. The Bertz CT molecular complexity index is 308. The molecule has 68 valence electrons. The minimum absolute atomic E-state index is 0.288. The average molecular weight is 197 g/mol. The van der Waals surface area contributed by atoms with E-state index in [1.54, 1.807) is 12.1 Å². The first-order chi connectivity index (χ1) is 6.33. The highest BCUT2D eigenvalue weighted by molar-refractivity contribution is 6.30. The van der Waals surface area contributed by atoms with E-state index in [4.69, 9.17) is 11.6 Å². The minimum Gasteiger partial charge on any atom is -0.464 e. The maximum absolute atomic E-state index is 9.79. The van der Waals surface area contributed by atoms with Crippen molar-refractivity contribution in [2.75, 3.05) is 6.61 Å². The summed E-state index contributed by atoms with van der Waals surface area (Å²) in [4.78, 5) is 9.79. The fourth-order valence-corrected chi connectivity index (χ4v) is 1.09. The Morgan fingerprint density at radius 1 is 1.46 bits per heavy atom. The summed E-state index contributed by atoms with van der Waals surface area (Å²) in [5.41, 5.74) is 0.988. The van der Waals surface area contributed by atoms with Crippen LogP contribution in [0.25, 0.3) is 6.08 Å². The van der Waals surface area contributed by atoms with Crippen molar-refractivity contribution in [1.29, 1.82) is 0 Å². The largest absolute Gasteiger partial charge is 0.464 e. The number of hydrogen-bond donors (Lipinski definition) is 0. The molecule has 0 fully saturated rings. The molecule has 0 heterocycles. The fourth-order valence-electron chi connectivity index (χ4n) is 0.889. The molecule has 0 aromatic heterocycles. The summed E-state index contributed by atoms with van der Waals surface area (Å²) in [5.74, 6) is 0. The van der Waals surface area contributed by atoms with E-state index in [1.807, 2.05) is 24.3 Å². The van der Waals surface area contributed by atoms with Crippen molar-refractivity contribution in [3.8, 4) is 0 Å². The third-order valence-electron chi connectivity index (χ3n) is 1.42. The molecular weight excluding hydrogens is 188 g/mol. The van der Waals surface area contributed by atoms with Crippen LogP contribution in [0.15, 0.2) is 30.3 Å². The zero-order chi connectivity index (χ0) is 9.52. The number of hydrogen-bond acceptors (Lipinski definition) is 2. The summed E-state index contributed by atoms with van der Waals surface area (Å²) < 4.78 is 4.49. The average Bonchev–Trinajstić information content (AvgIpc) is 2.13. The third-order valence-corrected chi connectivity index (χ3v) is 1.65. The summed E-state index contributed by atoms with van der Waals surface area (Å²) in [5, 5.41) is 0.693. The van der Waals surface area contributed by atoms with Crippen molar-refractivity contribution < 1.29 is 9.53 Å². The van der Waals surface area contributed by atoms with E-state index in [9.17, 15) is 4.79 Å². The van der Waals surface area contributed by atoms with Gasteiger partial charge in [0.1, 0.15) is 6.61 Å². The molecule has 3 heteroatoms. The van der Waals surface area contributed by atoms with Crippen LogP contribution in [0, 0.1) is 0 Å². The Balaban J connectivity index is 2.53. The summed E-state index contributed by atoms with van der Waals surface area (Å²) in [6, 6.07) is 7.42. The molecule has 0 aliphatic heterocycles. The van der Waals surface area contributed by atoms with Crippen LogP contribution in [0.2, 0.25) is 5.02 Å². The second kappa shape index (κ2) is 5.38. The molecule has 0 amide bonds. The first-order valence-corrected chi connectivity index (χ1v) is 4.18. The van der Waals surface area contributed by atoms with Gasteiger partial charge in [-0.25, -0.2) is 0 Å². The van der Waals surface area contributed by atoms with Crippen molar-refractivity contribution in [2.24, 2.45) is 0 Å². The lowest BCUT2D eigenvalue weighted by molar-refractivity contribution is -0.127. The number of carbonyl (C=O) groups is 1. The van der Waals surface area contributed by atoms with Crippen LogP contribution in [-0.4, -0.2) is 13.1 Å². The highest BCUT2D eigenvalue weighted by Crippen LogP contribution is 2.11. The molecule has 0 spiro atoms. The molecule has 0 saturated carbocycles. The first kappa shape index (κ1) is 9.81. The van der Waals surface area contributed by atoms with Gasteiger partial charge >= 0.3 is 0 Å². The van der Waals surface area contributed by atoms with Gasteiger partial charge in [-0.1, -0.05) is 29.8 Å². The molecule has 0 N–H and O–H groups in total. The van der Waals surface area contributed by atoms with Crippen LogP contribution in [-0.2, 0) is 9.53 Å². The van der Waals surface area contributed by atoms with E-state index < -0.39 is 0 Å². The van der Waals surface area contributed by atoms with Gasteiger partial charge in [0.15, 0.2) is 0 Å². The summed E-state index contributed by atoms with van der Waals surface area (Å²) in [6.45, 7) is 0.707. The van der Waals surface area contributed by atoms with E-state index in [-0.39, 0.29) is 6.61 Å². The molecule has 0 aliphatic carbocycles. The van der Waals surface area contributed by atoms with Gasteiger partial charge in [0.25, 0.3) is 6.47 Å². The van der Waals surface area contributed by atoms with Gasteiger partial charge in [0, 0.05) is 5.02 Å². The van der Waals surface area contributed by atoms with E-state index in [0.29, 0.717) is 11.5 Å². The predicted molar refractivity (Wildman–Crippen MR) is 52.5 cm³/mol. The van der Waals surface area contributed by atoms with Gasteiger partial charge in [-0.15, -0.1) is 0 Å². The SMILES string of the molecule is O=COC/C=C/c1cccc(Cl)c1. The Hall–Kier alpha value is -1.28. The molecule has 0 unspecified atom stereocenters. The lowest BCUT2D eigenvalue weighted by Crippen LogP contribution is -1.85. The monoisotopic (exact) mass is 196 g/mol. The van der Waals surface area contributed by atoms with Crippen molar-refractivity contribution in [1.82, 2.24) is 0 Å². The normalized spacial score (nSPS) is 10.2. The molecule has 2 nitrogen and oxygen atoms in total. The van der Waals surface area contributed by atoms with Gasteiger partial charge < -0.3 is 4.74 Å². The van der Waals surface area contributed by atoms with Crippen LogP contribution >= 0.6 is 11.6 Å². The van der Waals surface area contributed by atoms with E-state index >= 15 is 0 Å². The minimum atomic E-state index is 0.288. The van der Waals surface area contributed by atoms with Crippen molar-refractivity contribution in [2.45, 2.75) is 0 Å².